The summed E-state index contributed by atoms with van der Waals surface area (Å²) in [7, 11) is 0. The number of H-pyrrole nitrogens is 1. The van der Waals surface area contributed by atoms with Crippen LogP contribution in [0.15, 0.2) is 69.2 Å². The van der Waals surface area contributed by atoms with Gasteiger partial charge in [0.15, 0.2) is 0 Å². The van der Waals surface area contributed by atoms with Crippen molar-refractivity contribution in [3.8, 4) is 28.5 Å². The first-order valence-corrected chi connectivity index (χ1v) is 11.1. The Morgan fingerprint density at radius 2 is 1.77 bits per heavy atom. The molecule has 1 atom stereocenters. The molecule has 0 fully saturated rings. The van der Waals surface area contributed by atoms with Gasteiger partial charge in [-0.2, -0.15) is 15.2 Å². The molecule has 0 saturated heterocycles. The van der Waals surface area contributed by atoms with Gasteiger partial charge in [-0.15, -0.1) is 11.3 Å². The van der Waals surface area contributed by atoms with Crippen LogP contribution in [0.2, 0.25) is 0 Å². The molecule has 0 radical (unpaired) electrons. The Balaban J connectivity index is 1.80. The van der Waals surface area contributed by atoms with Crippen molar-refractivity contribution < 1.29 is 0 Å². The van der Waals surface area contributed by atoms with E-state index in [1.54, 1.807) is 6.92 Å². The van der Waals surface area contributed by atoms with Gasteiger partial charge in [-0.1, -0.05) is 58.4 Å². The third-order valence-corrected chi connectivity index (χ3v) is 6.38. The lowest BCUT2D eigenvalue weighted by molar-refractivity contribution is 0.699. The molecule has 0 aliphatic rings. The Hall–Kier alpha value is -3.46. The van der Waals surface area contributed by atoms with Crippen LogP contribution >= 0.6 is 27.3 Å². The lowest BCUT2D eigenvalue weighted by Crippen LogP contribution is -2.23. The minimum atomic E-state index is -0.993. The predicted octanol–water partition coefficient (Wildman–Crippen LogP) is 5.16. The number of nitrogens with zero attached hydrogens (tertiary/aromatic N) is 4. The van der Waals surface area contributed by atoms with E-state index in [0.717, 1.165) is 21.3 Å². The Bertz CT molecular complexity index is 1340. The van der Waals surface area contributed by atoms with Gasteiger partial charge in [-0.05, 0) is 24.6 Å². The molecule has 0 saturated carbocycles. The summed E-state index contributed by atoms with van der Waals surface area (Å²) in [5.74, 6) is -1.65. The van der Waals surface area contributed by atoms with E-state index < -0.39 is 11.8 Å². The van der Waals surface area contributed by atoms with E-state index in [2.05, 4.69) is 26.0 Å². The van der Waals surface area contributed by atoms with Crippen LogP contribution in [-0.4, -0.2) is 14.8 Å². The Kier molecular flexibility index (Phi) is 5.85. The molecule has 1 N–H and O–H groups in total. The number of nitrogens with one attached hydrogen (secondary N) is 1. The number of rotatable bonds is 5. The van der Waals surface area contributed by atoms with Crippen molar-refractivity contribution in [3.05, 3.63) is 91.6 Å². The summed E-state index contributed by atoms with van der Waals surface area (Å²) >= 11 is 4.77. The van der Waals surface area contributed by atoms with Crippen molar-refractivity contribution in [3.63, 3.8) is 0 Å². The van der Waals surface area contributed by atoms with Crippen LogP contribution in [0, 0.1) is 35.5 Å². The van der Waals surface area contributed by atoms with Gasteiger partial charge in [0.25, 0.3) is 5.56 Å². The zero-order chi connectivity index (χ0) is 22.0. The molecule has 1 unspecified atom stereocenters. The fourth-order valence-electron chi connectivity index (χ4n) is 3.54. The smallest absolute Gasteiger partial charge is 0.277 e. The van der Waals surface area contributed by atoms with Crippen LogP contribution in [0.4, 0.5) is 0 Å². The third-order valence-electron chi connectivity index (χ3n) is 5.02. The molecular weight excluding hydrogens is 474 g/mol. The van der Waals surface area contributed by atoms with Crippen molar-refractivity contribution in [2.45, 2.75) is 12.8 Å². The average Bonchev–Trinajstić information content (AvgIpc) is 3.38. The van der Waals surface area contributed by atoms with E-state index in [0.29, 0.717) is 16.4 Å². The lowest BCUT2D eigenvalue weighted by Gasteiger charge is -2.16. The molecule has 2 aromatic carbocycles. The number of thiazole rings is 1. The molecule has 0 aliphatic heterocycles. The maximum absolute atomic E-state index is 13.4. The zero-order valence-electron chi connectivity index (χ0n) is 16.4. The van der Waals surface area contributed by atoms with Gasteiger partial charge in [0.05, 0.1) is 17.8 Å². The van der Waals surface area contributed by atoms with Crippen LogP contribution < -0.4 is 5.56 Å². The summed E-state index contributed by atoms with van der Waals surface area (Å²) in [6.07, 6.45) is 0. The van der Waals surface area contributed by atoms with Crippen LogP contribution in [0.25, 0.3) is 16.4 Å². The number of halogens is 1. The number of aromatic nitrogens is 3. The lowest BCUT2D eigenvalue weighted by atomic mass is 9.82. The van der Waals surface area contributed by atoms with E-state index in [1.807, 2.05) is 72.1 Å². The van der Waals surface area contributed by atoms with Gasteiger partial charge in [0.1, 0.15) is 5.92 Å². The van der Waals surface area contributed by atoms with Gasteiger partial charge < -0.3 is 0 Å². The van der Waals surface area contributed by atoms with E-state index in [-0.39, 0.29) is 5.56 Å². The first-order chi connectivity index (χ1) is 15.0. The van der Waals surface area contributed by atoms with E-state index in [9.17, 15) is 15.3 Å². The first kappa shape index (κ1) is 20.8. The van der Waals surface area contributed by atoms with Crippen molar-refractivity contribution >= 4 is 27.3 Å². The molecule has 0 amide bonds. The second-order valence-electron chi connectivity index (χ2n) is 6.94. The second kappa shape index (κ2) is 8.73. The van der Waals surface area contributed by atoms with Gasteiger partial charge in [-0.25, -0.2) is 4.98 Å². The monoisotopic (exact) mass is 489 g/mol. The number of hydrogen-bond donors (Lipinski definition) is 1. The number of aromatic amines is 1. The molecule has 6 nitrogen and oxygen atoms in total. The van der Waals surface area contributed by atoms with Crippen molar-refractivity contribution in [2.75, 3.05) is 0 Å². The second-order valence-corrected chi connectivity index (χ2v) is 8.69. The SMILES string of the molecule is Cc1[nH]n(-c2nc(-c3ccc(Br)cc3)cs2)c(=O)c1C(c1ccccc1)C(C#N)C#N. The summed E-state index contributed by atoms with van der Waals surface area (Å²) in [5.41, 5.74) is 3.16. The number of nitriles is 2. The molecule has 4 aromatic rings. The summed E-state index contributed by atoms with van der Waals surface area (Å²) in [6, 6.07) is 21.0. The fraction of sp³-hybridized carbons (Fsp3) is 0.130. The highest BCUT2D eigenvalue weighted by molar-refractivity contribution is 9.10. The van der Waals surface area contributed by atoms with Crippen LogP contribution in [0.1, 0.15) is 22.7 Å². The van der Waals surface area contributed by atoms with Crippen molar-refractivity contribution in [2.24, 2.45) is 5.92 Å². The molecule has 0 bridgehead atoms. The minimum absolute atomic E-state index is 0.307. The van der Waals surface area contributed by atoms with Gasteiger partial charge in [-0.3, -0.25) is 9.89 Å². The maximum Gasteiger partial charge on any atom is 0.277 e. The molecule has 0 spiro atoms. The quantitative estimate of drug-likeness (QED) is 0.418. The first-order valence-electron chi connectivity index (χ1n) is 9.41. The topological polar surface area (TPSA) is 98.3 Å². The summed E-state index contributed by atoms with van der Waals surface area (Å²) in [4.78, 5) is 18.0. The minimum Gasteiger partial charge on any atom is -0.293 e. The van der Waals surface area contributed by atoms with Crippen molar-refractivity contribution in [1.29, 1.82) is 10.5 Å². The number of aryl methyl sites for hydroxylation is 1. The average molecular weight is 490 g/mol. The van der Waals surface area contributed by atoms with Gasteiger partial charge in [0.2, 0.25) is 5.13 Å². The number of hydrogen-bond acceptors (Lipinski definition) is 5. The predicted molar refractivity (Wildman–Crippen MR) is 123 cm³/mol. The molecule has 2 aromatic heterocycles. The standard InChI is InChI=1S/C23H16BrN5OS/c1-14-20(21(17(11-25)12-26)16-5-3-2-4-6-16)22(30)29(28-14)23-27-19(13-31-23)15-7-9-18(24)10-8-15/h2-10,13,17,21,28H,1H3. The van der Waals surface area contributed by atoms with E-state index in [1.165, 1.54) is 16.0 Å². The molecule has 152 valence electrons. The summed E-state index contributed by atoms with van der Waals surface area (Å²) in [5, 5.41) is 24.6. The zero-order valence-corrected chi connectivity index (χ0v) is 18.8. The van der Waals surface area contributed by atoms with Gasteiger partial charge >= 0.3 is 0 Å². The normalized spacial score (nSPS) is 11.8. The van der Waals surface area contributed by atoms with Crippen LogP contribution in [0.3, 0.4) is 0 Å². The van der Waals surface area contributed by atoms with Crippen LogP contribution in [-0.2, 0) is 0 Å². The largest absolute Gasteiger partial charge is 0.293 e. The van der Waals surface area contributed by atoms with Crippen molar-refractivity contribution in [1.82, 2.24) is 14.8 Å². The van der Waals surface area contributed by atoms with E-state index >= 15 is 0 Å². The Morgan fingerprint density at radius 3 is 2.42 bits per heavy atom. The third kappa shape index (κ3) is 3.96. The molecule has 4 rings (SSSR count). The molecule has 0 aliphatic carbocycles. The molecule has 2 heterocycles. The Morgan fingerprint density at radius 1 is 1.10 bits per heavy atom. The molecule has 31 heavy (non-hydrogen) atoms. The highest BCUT2D eigenvalue weighted by Gasteiger charge is 2.31. The highest BCUT2D eigenvalue weighted by atomic mass is 79.9. The van der Waals surface area contributed by atoms with E-state index in [4.69, 9.17) is 0 Å². The Labute approximate surface area is 191 Å². The van der Waals surface area contributed by atoms with Crippen LogP contribution in [0.5, 0.6) is 0 Å². The summed E-state index contributed by atoms with van der Waals surface area (Å²) < 4.78 is 2.36. The fourth-order valence-corrected chi connectivity index (χ4v) is 4.60. The highest BCUT2D eigenvalue weighted by Crippen LogP contribution is 2.32. The number of benzene rings is 2. The maximum atomic E-state index is 13.4. The van der Waals surface area contributed by atoms with Gasteiger partial charge in [0, 0.05) is 32.6 Å². The molecule has 8 heteroatoms. The summed E-state index contributed by atoms with van der Waals surface area (Å²) in [6.45, 7) is 1.78. The molecular formula is C23H16BrN5OS.